The average Bonchev–Trinajstić information content (AvgIpc) is 2.96. The summed E-state index contributed by atoms with van der Waals surface area (Å²) in [5.74, 6) is 1.76. The lowest BCUT2D eigenvalue weighted by atomic mass is 10.1. The van der Waals surface area contributed by atoms with Crippen molar-refractivity contribution in [3.05, 3.63) is 41.5 Å². The number of nitrogens with one attached hydrogen (secondary N) is 1. The number of rotatable bonds is 4. The van der Waals surface area contributed by atoms with Crippen LogP contribution < -0.4 is 24.3 Å². The number of benzene rings is 2. The summed E-state index contributed by atoms with van der Waals surface area (Å²) in [4.78, 5) is 12.3. The van der Waals surface area contributed by atoms with E-state index in [2.05, 4.69) is 5.32 Å². The lowest BCUT2D eigenvalue weighted by Crippen LogP contribution is -2.16. The average molecular weight is 343 g/mol. The Morgan fingerprint density at radius 2 is 1.84 bits per heavy atom. The third-order valence-electron chi connectivity index (χ3n) is 4.13. The van der Waals surface area contributed by atoms with Crippen LogP contribution in [-0.2, 0) is 4.74 Å². The van der Waals surface area contributed by atoms with Crippen LogP contribution in [0.1, 0.15) is 22.1 Å². The number of esters is 1. The molecule has 2 aromatic rings. The minimum absolute atomic E-state index is 0.372. The summed E-state index contributed by atoms with van der Waals surface area (Å²) in [6, 6.07) is 9.03. The van der Waals surface area contributed by atoms with Gasteiger partial charge in [-0.1, -0.05) is 0 Å². The number of fused-ring (bicyclic) bond motifs is 2. The number of ether oxygens (including phenoxy) is 5. The van der Waals surface area contributed by atoms with Crippen molar-refractivity contribution in [1.29, 1.82) is 0 Å². The molecule has 0 unspecified atom stereocenters. The molecule has 0 fully saturated rings. The maximum atomic E-state index is 12.3. The predicted molar refractivity (Wildman–Crippen MR) is 88.8 cm³/mol. The van der Waals surface area contributed by atoms with Gasteiger partial charge in [0.25, 0.3) is 0 Å². The van der Waals surface area contributed by atoms with Gasteiger partial charge >= 0.3 is 5.97 Å². The van der Waals surface area contributed by atoms with Gasteiger partial charge in [-0.05, 0) is 24.3 Å². The number of methoxy groups -OCH3 is 2. The normalized spacial score (nSPS) is 17.5. The molecule has 7 heteroatoms. The standard InChI is InChI=1S/C18H17NO6/c1-21-13-6-4-11-15(16(13)22-2)18(20)25-17(11)19-10-3-5-12-14(9-10)24-8-7-23-12/h3-6,9,17,19H,7-8H2,1-2H3/t17-/m1/s1. The largest absolute Gasteiger partial charge is 0.493 e. The Balaban J connectivity index is 1.65. The molecule has 0 aliphatic carbocycles. The molecule has 25 heavy (non-hydrogen) atoms. The van der Waals surface area contributed by atoms with Crippen LogP contribution in [0.5, 0.6) is 23.0 Å². The van der Waals surface area contributed by atoms with Gasteiger partial charge in [-0.15, -0.1) is 0 Å². The van der Waals surface area contributed by atoms with Crippen LogP contribution in [0.2, 0.25) is 0 Å². The van der Waals surface area contributed by atoms with Gasteiger partial charge in [-0.3, -0.25) is 0 Å². The lowest BCUT2D eigenvalue weighted by molar-refractivity contribution is 0.0435. The van der Waals surface area contributed by atoms with E-state index in [1.165, 1.54) is 14.2 Å². The van der Waals surface area contributed by atoms with Crippen LogP contribution in [0, 0.1) is 0 Å². The second kappa shape index (κ2) is 6.08. The number of cyclic esters (lactones) is 1. The van der Waals surface area contributed by atoms with Crippen molar-refractivity contribution in [2.24, 2.45) is 0 Å². The zero-order valence-electron chi connectivity index (χ0n) is 13.8. The van der Waals surface area contributed by atoms with Crippen LogP contribution in [0.15, 0.2) is 30.3 Å². The quantitative estimate of drug-likeness (QED) is 0.856. The third-order valence-corrected chi connectivity index (χ3v) is 4.13. The number of anilines is 1. The van der Waals surface area contributed by atoms with E-state index < -0.39 is 12.2 Å². The Morgan fingerprint density at radius 1 is 1.04 bits per heavy atom. The molecule has 0 aromatic heterocycles. The van der Waals surface area contributed by atoms with Crippen molar-refractivity contribution in [1.82, 2.24) is 0 Å². The molecular formula is C18H17NO6. The number of carbonyl (C=O) groups is 1. The molecule has 2 aromatic carbocycles. The Labute approximate surface area is 144 Å². The number of hydrogen-bond donors (Lipinski definition) is 1. The topological polar surface area (TPSA) is 75.3 Å². The molecule has 7 nitrogen and oxygen atoms in total. The summed E-state index contributed by atoms with van der Waals surface area (Å²) in [5.41, 5.74) is 1.82. The molecule has 4 rings (SSSR count). The smallest absolute Gasteiger partial charge is 0.344 e. The maximum absolute atomic E-state index is 12.3. The molecule has 0 spiro atoms. The van der Waals surface area contributed by atoms with E-state index in [0.717, 1.165) is 5.69 Å². The summed E-state index contributed by atoms with van der Waals surface area (Å²) < 4.78 is 27.1. The predicted octanol–water partition coefficient (Wildman–Crippen LogP) is 2.76. The van der Waals surface area contributed by atoms with Crippen LogP contribution in [0.4, 0.5) is 5.69 Å². The maximum Gasteiger partial charge on any atom is 0.344 e. The van der Waals surface area contributed by atoms with Crippen LogP contribution >= 0.6 is 0 Å². The van der Waals surface area contributed by atoms with Crippen molar-refractivity contribution in [2.45, 2.75) is 6.23 Å². The minimum Gasteiger partial charge on any atom is -0.493 e. The molecule has 2 aliphatic rings. The Hall–Kier alpha value is -3.09. The Morgan fingerprint density at radius 3 is 2.60 bits per heavy atom. The lowest BCUT2D eigenvalue weighted by Gasteiger charge is -2.20. The van der Waals surface area contributed by atoms with E-state index in [9.17, 15) is 4.79 Å². The monoisotopic (exact) mass is 343 g/mol. The number of hydrogen-bond acceptors (Lipinski definition) is 7. The second-order valence-electron chi connectivity index (χ2n) is 5.55. The van der Waals surface area contributed by atoms with E-state index in [4.69, 9.17) is 23.7 Å². The van der Waals surface area contributed by atoms with E-state index in [-0.39, 0.29) is 0 Å². The van der Waals surface area contributed by atoms with E-state index in [0.29, 0.717) is 47.3 Å². The molecule has 0 bridgehead atoms. The SMILES string of the molecule is COc1ccc2c(c1OC)C(=O)O[C@H]2Nc1ccc2c(c1)OCCO2. The first-order valence-corrected chi connectivity index (χ1v) is 7.83. The van der Waals surface area contributed by atoms with Crippen molar-refractivity contribution in [3.8, 4) is 23.0 Å². The summed E-state index contributed by atoms with van der Waals surface area (Å²) in [7, 11) is 3.02. The summed E-state index contributed by atoms with van der Waals surface area (Å²) in [6.07, 6.45) is -0.620. The molecule has 1 atom stereocenters. The Kier molecular flexibility index (Phi) is 3.76. The van der Waals surface area contributed by atoms with E-state index in [1.807, 2.05) is 18.2 Å². The highest BCUT2D eigenvalue weighted by atomic mass is 16.6. The third kappa shape index (κ3) is 2.57. The van der Waals surface area contributed by atoms with Gasteiger partial charge in [0.2, 0.25) is 6.23 Å². The fraction of sp³-hybridized carbons (Fsp3) is 0.278. The fourth-order valence-electron chi connectivity index (χ4n) is 2.99. The zero-order valence-corrected chi connectivity index (χ0v) is 13.8. The molecule has 0 radical (unpaired) electrons. The minimum atomic E-state index is -0.620. The van der Waals surface area contributed by atoms with Crippen molar-refractivity contribution < 1.29 is 28.5 Å². The highest BCUT2D eigenvalue weighted by Gasteiger charge is 2.36. The summed E-state index contributed by atoms with van der Waals surface area (Å²) in [6.45, 7) is 1.05. The van der Waals surface area contributed by atoms with Crippen molar-refractivity contribution in [3.63, 3.8) is 0 Å². The van der Waals surface area contributed by atoms with Gasteiger partial charge in [0.05, 0.1) is 14.2 Å². The van der Waals surface area contributed by atoms with E-state index >= 15 is 0 Å². The molecule has 0 saturated heterocycles. The van der Waals surface area contributed by atoms with Gasteiger partial charge in [-0.2, -0.15) is 0 Å². The first-order chi connectivity index (χ1) is 12.2. The van der Waals surface area contributed by atoms with Gasteiger partial charge in [0.15, 0.2) is 23.0 Å². The van der Waals surface area contributed by atoms with Crippen LogP contribution in [0.25, 0.3) is 0 Å². The number of carbonyl (C=O) groups excluding carboxylic acids is 1. The van der Waals surface area contributed by atoms with E-state index in [1.54, 1.807) is 12.1 Å². The second-order valence-corrected chi connectivity index (χ2v) is 5.55. The van der Waals surface area contributed by atoms with Gasteiger partial charge in [0, 0.05) is 17.3 Å². The van der Waals surface area contributed by atoms with Crippen molar-refractivity contribution >= 4 is 11.7 Å². The molecule has 0 amide bonds. The molecule has 1 N–H and O–H groups in total. The van der Waals surface area contributed by atoms with Gasteiger partial charge in [0.1, 0.15) is 18.8 Å². The van der Waals surface area contributed by atoms with Gasteiger partial charge in [-0.25, -0.2) is 4.79 Å². The summed E-state index contributed by atoms with van der Waals surface area (Å²) in [5, 5.41) is 3.19. The fourth-order valence-corrected chi connectivity index (χ4v) is 2.99. The Bertz CT molecular complexity index is 835. The van der Waals surface area contributed by atoms with Crippen LogP contribution in [0.3, 0.4) is 0 Å². The van der Waals surface area contributed by atoms with Gasteiger partial charge < -0.3 is 29.0 Å². The molecule has 2 heterocycles. The molecular weight excluding hydrogens is 326 g/mol. The summed E-state index contributed by atoms with van der Waals surface area (Å²) >= 11 is 0. The molecule has 2 aliphatic heterocycles. The van der Waals surface area contributed by atoms with Crippen LogP contribution in [-0.4, -0.2) is 33.4 Å². The van der Waals surface area contributed by atoms with Crippen molar-refractivity contribution in [2.75, 3.05) is 32.8 Å². The molecule has 0 saturated carbocycles. The first kappa shape index (κ1) is 15.4. The highest BCUT2D eigenvalue weighted by molar-refractivity contribution is 5.98. The highest BCUT2D eigenvalue weighted by Crippen LogP contribution is 2.42. The molecule has 130 valence electrons. The first-order valence-electron chi connectivity index (χ1n) is 7.83. The zero-order chi connectivity index (χ0) is 17.4.